The zero-order valence-corrected chi connectivity index (χ0v) is 11.9. The van der Waals surface area contributed by atoms with Gasteiger partial charge in [0.25, 0.3) is 5.91 Å². The Kier molecular flexibility index (Phi) is 3.57. The minimum atomic E-state index is -1.21. The van der Waals surface area contributed by atoms with E-state index < -0.39 is 23.7 Å². The van der Waals surface area contributed by atoms with Crippen molar-refractivity contribution in [2.75, 3.05) is 0 Å². The number of phenolic OH excluding ortho intramolecular Hbond substituents is 1. The van der Waals surface area contributed by atoms with Crippen LogP contribution in [0.25, 0.3) is 0 Å². The highest BCUT2D eigenvalue weighted by Gasteiger charge is 2.30. The minimum absolute atomic E-state index is 0.0303. The molecule has 6 heteroatoms. The normalized spacial score (nSPS) is 17.1. The Morgan fingerprint density at radius 1 is 1.04 bits per heavy atom. The molecule has 1 aliphatic rings. The Hall–Kier alpha value is -3.15. The molecule has 6 nitrogen and oxygen atoms in total. The van der Waals surface area contributed by atoms with E-state index in [1.165, 1.54) is 24.3 Å². The lowest BCUT2D eigenvalue weighted by molar-refractivity contribution is -0.139. The molecule has 0 radical (unpaired) electrons. The summed E-state index contributed by atoms with van der Waals surface area (Å²) < 4.78 is 0. The lowest BCUT2D eigenvalue weighted by Gasteiger charge is -2.14. The van der Waals surface area contributed by atoms with E-state index in [4.69, 9.17) is 0 Å². The van der Waals surface area contributed by atoms with Gasteiger partial charge in [0.05, 0.1) is 11.1 Å². The number of carbonyl (C=O) groups is 3. The zero-order chi connectivity index (χ0) is 16.6. The average molecular weight is 311 g/mol. The molecule has 1 atom stereocenters. The van der Waals surface area contributed by atoms with E-state index in [1.54, 1.807) is 18.2 Å². The maximum absolute atomic E-state index is 12.8. The van der Waals surface area contributed by atoms with Crippen LogP contribution in [0, 0.1) is 0 Å². The van der Waals surface area contributed by atoms with Crippen LogP contribution in [0.2, 0.25) is 0 Å². The number of aliphatic carboxylic acids is 1. The maximum Gasteiger partial charge on any atom is 0.326 e. The van der Waals surface area contributed by atoms with Crippen LogP contribution in [0.15, 0.2) is 42.5 Å². The number of phenols is 1. The quantitative estimate of drug-likeness (QED) is 0.738. The number of carbonyl (C=O) groups excluding carboxylic acids is 2. The number of ketones is 1. The summed E-state index contributed by atoms with van der Waals surface area (Å²) in [4.78, 5) is 36.5. The lowest BCUT2D eigenvalue weighted by Crippen LogP contribution is -2.42. The number of carboxylic acid groups (broad SMARTS) is 1. The van der Waals surface area contributed by atoms with Gasteiger partial charge in [0, 0.05) is 12.0 Å². The summed E-state index contributed by atoms with van der Waals surface area (Å²) in [5.41, 5.74) is 0.612. The fraction of sp³-hybridized carbons (Fsp3) is 0.118. The number of rotatable bonds is 1. The number of hydrogen-bond donors (Lipinski definition) is 3. The van der Waals surface area contributed by atoms with Gasteiger partial charge in [-0.2, -0.15) is 0 Å². The first kappa shape index (κ1) is 14.8. The van der Waals surface area contributed by atoms with Crippen LogP contribution in [0.4, 0.5) is 0 Å². The molecule has 1 heterocycles. The highest BCUT2D eigenvalue weighted by molar-refractivity contribution is 6.17. The van der Waals surface area contributed by atoms with Crippen molar-refractivity contribution in [3.8, 4) is 5.75 Å². The van der Waals surface area contributed by atoms with Gasteiger partial charge in [-0.15, -0.1) is 0 Å². The van der Waals surface area contributed by atoms with Crippen LogP contribution in [0.1, 0.15) is 31.8 Å². The molecule has 0 aliphatic carbocycles. The average Bonchev–Trinajstić information content (AvgIpc) is 2.57. The Morgan fingerprint density at radius 3 is 2.43 bits per heavy atom. The molecule has 0 aromatic heterocycles. The molecule has 2 aromatic rings. The Morgan fingerprint density at radius 2 is 1.74 bits per heavy atom. The SMILES string of the molecule is O=C1N[C@H](C(=O)O)Cc2cccc(O)c2C(=O)c2ccccc21. The zero-order valence-electron chi connectivity index (χ0n) is 11.9. The number of aromatic hydroxyl groups is 1. The fourth-order valence-electron chi connectivity index (χ4n) is 2.69. The first-order valence-corrected chi connectivity index (χ1v) is 6.97. The van der Waals surface area contributed by atoms with Crippen LogP contribution in [-0.4, -0.2) is 33.9 Å². The van der Waals surface area contributed by atoms with Gasteiger partial charge in [-0.05, 0) is 17.7 Å². The summed E-state index contributed by atoms with van der Waals surface area (Å²) in [6.45, 7) is 0. The third-order valence-electron chi connectivity index (χ3n) is 3.80. The number of benzene rings is 2. The van der Waals surface area contributed by atoms with Gasteiger partial charge in [0.2, 0.25) is 0 Å². The van der Waals surface area contributed by atoms with E-state index in [0.29, 0.717) is 5.56 Å². The molecule has 1 aliphatic heterocycles. The first-order chi connectivity index (χ1) is 11.0. The third kappa shape index (κ3) is 2.55. The Labute approximate surface area is 131 Å². The minimum Gasteiger partial charge on any atom is -0.507 e. The number of fused-ring (bicyclic) bond motifs is 2. The van der Waals surface area contributed by atoms with Crippen molar-refractivity contribution < 1.29 is 24.6 Å². The van der Waals surface area contributed by atoms with E-state index >= 15 is 0 Å². The number of hydrogen-bond acceptors (Lipinski definition) is 4. The van der Waals surface area contributed by atoms with E-state index in [1.807, 2.05) is 0 Å². The van der Waals surface area contributed by atoms with Crippen LogP contribution < -0.4 is 5.32 Å². The monoisotopic (exact) mass is 311 g/mol. The predicted octanol–water partition coefficient (Wildman–Crippen LogP) is 1.36. The molecular formula is C17H13NO5. The maximum atomic E-state index is 12.8. The van der Waals surface area contributed by atoms with E-state index in [2.05, 4.69) is 5.32 Å². The van der Waals surface area contributed by atoms with Gasteiger partial charge in [-0.1, -0.05) is 30.3 Å². The van der Waals surface area contributed by atoms with Crippen LogP contribution >= 0.6 is 0 Å². The fourth-order valence-corrected chi connectivity index (χ4v) is 2.69. The molecule has 2 aromatic carbocycles. The summed E-state index contributed by atoms with van der Waals surface area (Å²) in [5.74, 6) is -2.58. The lowest BCUT2D eigenvalue weighted by atomic mass is 9.92. The second-order valence-electron chi connectivity index (χ2n) is 5.25. The summed E-state index contributed by atoms with van der Waals surface area (Å²) in [5, 5.41) is 21.8. The molecule has 0 fully saturated rings. The van der Waals surface area contributed by atoms with Crippen molar-refractivity contribution in [1.29, 1.82) is 0 Å². The molecule has 3 N–H and O–H groups in total. The molecule has 1 amide bonds. The smallest absolute Gasteiger partial charge is 0.326 e. The summed E-state index contributed by atoms with van der Waals surface area (Å²) >= 11 is 0. The van der Waals surface area contributed by atoms with Gasteiger partial charge in [-0.25, -0.2) is 4.79 Å². The third-order valence-corrected chi connectivity index (χ3v) is 3.80. The van der Waals surface area contributed by atoms with Gasteiger partial charge in [-0.3, -0.25) is 9.59 Å². The van der Waals surface area contributed by atoms with Crippen molar-refractivity contribution in [1.82, 2.24) is 5.32 Å². The molecule has 23 heavy (non-hydrogen) atoms. The topological polar surface area (TPSA) is 104 Å². The van der Waals surface area contributed by atoms with Crippen LogP contribution in [-0.2, 0) is 11.2 Å². The van der Waals surface area contributed by atoms with E-state index in [9.17, 15) is 24.6 Å². The highest BCUT2D eigenvalue weighted by Crippen LogP contribution is 2.28. The second-order valence-corrected chi connectivity index (χ2v) is 5.25. The van der Waals surface area contributed by atoms with Gasteiger partial charge >= 0.3 is 5.97 Å². The summed E-state index contributed by atoms with van der Waals surface area (Å²) in [6.07, 6.45) is -0.0927. The van der Waals surface area contributed by atoms with Gasteiger partial charge < -0.3 is 15.5 Å². The highest BCUT2D eigenvalue weighted by atomic mass is 16.4. The molecule has 0 bridgehead atoms. The molecule has 0 unspecified atom stereocenters. The molecule has 116 valence electrons. The van der Waals surface area contributed by atoms with Gasteiger partial charge in [0.1, 0.15) is 11.8 Å². The molecule has 0 saturated heterocycles. The van der Waals surface area contributed by atoms with Crippen molar-refractivity contribution in [3.05, 3.63) is 64.7 Å². The second kappa shape index (κ2) is 5.57. The molecule has 3 rings (SSSR count). The van der Waals surface area contributed by atoms with Gasteiger partial charge in [0.15, 0.2) is 5.78 Å². The molecule has 0 saturated carbocycles. The first-order valence-electron chi connectivity index (χ1n) is 6.97. The van der Waals surface area contributed by atoms with Crippen LogP contribution in [0.3, 0.4) is 0 Å². The number of nitrogens with one attached hydrogen (secondary N) is 1. The number of amides is 1. The summed E-state index contributed by atoms with van der Waals surface area (Å²) in [7, 11) is 0. The van der Waals surface area contributed by atoms with Crippen molar-refractivity contribution in [3.63, 3.8) is 0 Å². The Balaban J connectivity index is 2.27. The largest absolute Gasteiger partial charge is 0.507 e. The number of carboxylic acids is 1. The van der Waals surface area contributed by atoms with Crippen molar-refractivity contribution >= 4 is 17.7 Å². The van der Waals surface area contributed by atoms with Crippen LogP contribution in [0.5, 0.6) is 5.75 Å². The summed E-state index contributed by atoms with van der Waals surface area (Å²) in [6, 6.07) is 9.40. The van der Waals surface area contributed by atoms with Crippen molar-refractivity contribution in [2.45, 2.75) is 12.5 Å². The van der Waals surface area contributed by atoms with Crippen molar-refractivity contribution in [2.24, 2.45) is 0 Å². The van der Waals surface area contributed by atoms with E-state index in [0.717, 1.165) is 0 Å². The molecule has 0 spiro atoms. The molecular weight excluding hydrogens is 298 g/mol. The Bertz CT molecular complexity index is 827. The van der Waals surface area contributed by atoms with E-state index in [-0.39, 0.29) is 28.9 Å². The predicted molar refractivity (Wildman–Crippen MR) is 80.6 cm³/mol. The standard InChI is InChI=1S/C17H13NO5/c19-13-7-3-4-9-8-12(17(22)23)18-16(21)11-6-2-1-5-10(11)15(20)14(9)13/h1-7,12,19H,8H2,(H,18,21)(H,22,23)/t12-/m0/s1.